The summed E-state index contributed by atoms with van der Waals surface area (Å²) in [6.07, 6.45) is 3.52. The smallest absolute Gasteiger partial charge is 0.0573 e. The van der Waals surface area contributed by atoms with Crippen LogP contribution in [0.5, 0.6) is 0 Å². The Balaban J connectivity index is 0.00000121. The van der Waals surface area contributed by atoms with Crippen molar-refractivity contribution in [1.82, 2.24) is 0 Å². The van der Waals surface area contributed by atoms with E-state index in [4.69, 9.17) is 0 Å². The molecule has 0 saturated heterocycles. The number of aliphatic hydroxyl groups is 1. The van der Waals surface area contributed by atoms with Crippen LogP contribution in [0.3, 0.4) is 0 Å². The Hall–Kier alpha value is 0.960. The van der Waals surface area contributed by atoms with Crippen molar-refractivity contribution in [3.05, 3.63) is 0 Å². The second-order valence-corrected chi connectivity index (χ2v) is 4.39. The Labute approximate surface area is 98.2 Å². The van der Waals surface area contributed by atoms with Gasteiger partial charge in [-0.05, 0) is 30.6 Å². The molecular formula is C10H20NaO. The van der Waals surface area contributed by atoms with Gasteiger partial charge in [0.05, 0.1) is 6.10 Å². The molecule has 0 aromatic rings. The summed E-state index contributed by atoms with van der Waals surface area (Å²) in [5, 5.41) is 9.71. The van der Waals surface area contributed by atoms with Crippen molar-refractivity contribution in [3.63, 3.8) is 0 Å². The first kappa shape index (κ1) is 13.0. The maximum Gasteiger partial charge on any atom is 0.0573 e. The van der Waals surface area contributed by atoms with Crippen LogP contribution in [0.4, 0.5) is 0 Å². The van der Waals surface area contributed by atoms with E-state index in [0.717, 1.165) is 12.3 Å². The third-order valence-electron chi connectivity index (χ3n) is 2.99. The molecule has 1 radical (unpaired) electrons. The normalized spacial score (nSPS) is 36.2. The summed E-state index contributed by atoms with van der Waals surface area (Å²) in [5.41, 5.74) is 0. The first-order valence-corrected chi connectivity index (χ1v) is 4.79. The Morgan fingerprint density at radius 1 is 1.25 bits per heavy atom. The molecule has 1 N–H and O–H groups in total. The molecule has 1 aliphatic carbocycles. The van der Waals surface area contributed by atoms with Crippen LogP contribution < -0.4 is 0 Å². The Kier molecular flexibility index (Phi) is 6.09. The minimum Gasteiger partial charge on any atom is -0.393 e. The van der Waals surface area contributed by atoms with Crippen LogP contribution >= 0.6 is 0 Å². The van der Waals surface area contributed by atoms with Gasteiger partial charge >= 0.3 is 0 Å². The topological polar surface area (TPSA) is 20.2 Å². The van der Waals surface area contributed by atoms with Gasteiger partial charge in [0.25, 0.3) is 0 Å². The molecule has 12 heavy (non-hydrogen) atoms. The molecule has 0 aromatic heterocycles. The number of rotatable bonds is 1. The van der Waals surface area contributed by atoms with E-state index in [1.54, 1.807) is 0 Å². The first-order chi connectivity index (χ1) is 5.11. The van der Waals surface area contributed by atoms with E-state index >= 15 is 0 Å². The van der Waals surface area contributed by atoms with Gasteiger partial charge in [0.2, 0.25) is 0 Å². The fourth-order valence-electron chi connectivity index (χ4n) is 2.15. The maximum atomic E-state index is 9.71. The van der Waals surface area contributed by atoms with Crippen LogP contribution in [0, 0.1) is 17.8 Å². The van der Waals surface area contributed by atoms with E-state index in [1.807, 2.05) is 0 Å². The zero-order valence-corrected chi connectivity index (χ0v) is 10.9. The molecule has 0 aromatic carbocycles. The summed E-state index contributed by atoms with van der Waals surface area (Å²) >= 11 is 0. The molecular weight excluding hydrogens is 159 g/mol. The van der Waals surface area contributed by atoms with Crippen LogP contribution in [0.2, 0.25) is 0 Å². The quantitative estimate of drug-likeness (QED) is 0.611. The van der Waals surface area contributed by atoms with E-state index in [9.17, 15) is 5.11 Å². The molecule has 1 rings (SSSR count). The summed E-state index contributed by atoms with van der Waals surface area (Å²) in [4.78, 5) is 0. The van der Waals surface area contributed by atoms with Crippen molar-refractivity contribution >= 4 is 29.6 Å². The molecule has 1 fully saturated rings. The Bertz CT molecular complexity index is 125. The maximum absolute atomic E-state index is 9.71. The van der Waals surface area contributed by atoms with E-state index in [1.165, 1.54) is 12.8 Å². The molecule has 1 saturated carbocycles. The molecule has 0 amide bonds. The van der Waals surface area contributed by atoms with Gasteiger partial charge in [0.1, 0.15) is 0 Å². The minimum absolute atomic E-state index is 0. The SMILES string of the molecule is CC1CCC(C(C)C)C(O)C1.[Na]. The summed E-state index contributed by atoms with van der Waals surface area (Å²) in [6.45, 7) is 6.66. The summed E-state index contributed by atoms with van der Waals surface area (Å²) in [5.74, 6) is 1.95. The number of hydrogen-bond donors (Lipinski definition) is 1. The average molecular weight is 179 g/mol. The molecule has 0 aliphatic heterocycles. The van der Waals surface area contributed by atoms with Gasteiger partial charge < -0.3 is 5.11 Å². The van der Waals surface area contributed by atoms with E-state index in [0.29, 0.717) is 11.8 Å². The van der Waals surface area contributed by atoms with Crippen molar-refractivity contribution in [1.29, 1.82) is 0 Å². The second kappa shape index (κ2) is 5.64. The monoisotopic (exact) mass is 179 g/mol. The van der Waals surface area contributed by atoms with E-state index in [2.05, 4.69) is 20.8 Å². The average Bonchev–Trinajstić information content (AvgIpc) is 1.85. The Morgan fingerprint density at radius 2 is 1.83 bits per heavy atom. The molecule has 0 heterocycles. The summed E-state index contributed by atoms with van der Waals surface area (Å²) < 4.78 is 0. The van der Waals surface area contributed by atoms with Crippen LogP contribution in [0.15, 0.2) is 0 Å². The number of hydrogen-bond acceptors (Lipinski definition) is 1. The van der Waals surface area contributed by atoms with Crippen molar-refractivity contribution in [2.45, 2.75) is 46.1 Å². The number of aliphatic hydroxyl groups excluding tert-OH is 1. The van der Waals surface area contributed by atoms with Gasteiger partial charge in [0, 0.05) is 29.6 Å². The molecule has 1 nitrogen and oxygen atoms in total. The summed E-state index contributed by atoms with van der Waals surface area (Å²) in [6, 6.07) is 0. The van der Waals surface area contributed by atoms with Crippen molar-refractivity contribution in [2.24, 2.45) is 17.8 Å². The molecule has 0 bridgehead atoms. The zero-order valence-electron chi connectivity index (χ0n) is 8.88. The molecule has 67 valence electrons. The van der Waals surface area contributed by atoms with Crippen LogP contribution in [-0.2, 0) is 0 Å². The minimum atomic E-state index is -0.0289. The predicted molar refractivity (Wildman–Crippen MR) is 53.1 cm³/mol. The molecule has 1 aliphatic rings. The summed E-state index contributed by atoms with van der Waals surface area (Å²) in [7, 11) is 0. The van der Waals surface area contributed by atoms with Gasteiger partial charge in [0.15, 0.2) is 0 Å². The van der Waals surface area contributed by atoms with Gasteiger partial charge in [-0.2, -0.15) is 0 Å². The van der Waals surface area contributed by atoms with Gasteiger partial charge in [-0.1, -0.05) is 27.2 Å². The van der Waals surface area contributed by atoms with Gasteiger partial charge in [-0.25, -0.2) is 0 Å². The fraction of sp³-hybridized carbons (Fsp3) is 1.00. The molecule has 3 atom stereocenters. The van der Waals surface area contributed by atoms with Crippen LogP contribution in [0.25, 0.3) is 0 Å². The van der Waals surface area contributed by atoms with Crippen LogP contribution in [-0.4, -0.2) is 40.8 Å². The first-order valence-electron chi connectivity index (χ1n) is 4.79. The van der Waals surface area contributed by atoms with Gasteiger partial charge in [-0.15, -0.1) is 0 Å². The van der Waals surface area contributed by atoms with Crippen molar-refractivity contribution < 1.29 is 5.11 Å². The second-order valence-electron chi connectivity index (χ2n) is 4.39. The fourth-order valence-corrected chi connectivity index (χ4v) is 2.15. The molecule has 2 heteroatoms. The van der Waals surface area contributed by atoms with Crippen LogP contribution in [0.1, 0.15) is 40.0 Å². The third-order valence-corrected chi connectivity index (χ3v) is 2.99. The van der Waals surface area contributed by atoms with Crippen molar-refractivity contribution in [3.8, 4) is 0 Å². The molecule has 3 unspecified atom stereocenters. The van der Waals surface area contributed by atoms with Crippen molar-refractivity contribution in [2.75, 3.05) is 0 Å². The zero-order chi connectivity index (χ0) is 8.43. The Morgan fingerprint density at radius 3 is 2.25 bits per heavy atom. The molecule has 0 spiro atoms. The predicted octanol–water partition coefficient (Wildman–Crippen LogP) is 2.06. The third kappa shape index (κ3) is 3.37. The van der Waals surface area contributed by atoms with E-state index in [-0.39, 0.29) is 35.7 Å². The van der Waals surface area contributed by atoms with Gasteiger partial charge in [-0.3, -0.25) is 0 Å². The largest absolute Gasteiger partial charge is 0.393 e. The standard InChI is InChI=1S/C10H20O.Na/c1-7(2)9-5-4-8(3)6-10(9)11;/h7-11H,4-6H2,1-3H3;. The van der Waals surface area contributed by atoms with E-state index < -0.39 is 0 Å².